The second kappa shape index (κ2) is 47.8. The first kappa shape index (κ1) is 56.1. The normalized spacial score (nSPS) is 12.5. The Morgan fingerprint density at radius 3 is 1.03 bits per heavy atom. The molecule has 6 heteroatoms. The Labute approximate surface area is 364 Å². The van der Waals surface area contributed by atoms with Crippen molar-refractivity contribution in [2.75, 3.05) is 13.2 Å². The number of allylic oxidation sites excluding steroid dienone is 10. The fourth-order valence-corrected chi connectivity index (χ4v) is 6.83. The molecule has 0 heterocycles. The van der Waals surface area contributed by atoms with Gasteiger partial charge in [-0.2, -0.15) is 0 Å². The maximum atomic E-state index is 12.8. The zero-order chi connectivity index (χ0) is 43.0. The fourth-order valence-electron chi connectivity index (χ4n) is 6.83. The third kappa shape index (κ3) is 46.0. The van der Waals surface area contributed by atoms with Crippen LogP contribution < -0.4 is 0 Å². The predicted octanol–water partition coefficient (Wildman–Crippen LogP) is 16.1. The topological polar surface area (TPSA) is 78.9 Å². The van der Waals surface area contributed by atoms with E-state index in [4.69, 9.17) is 14.2 Å². The van der Waals surface area contributed by atoms with Gasteiger partial charge in [-0.15, -0.1) is 0 Å². The molecule has 0 radical (unpaired) electrons. The van der Waals surface area contributed by atoms with Crippen LogP contribution in [0.1, 0.15) is 239 Å². The van der Waals surface area contributed by atoms with Gasteiger partial charge in [0.15, 0.2) is 6.10 Å². The van der Waals surface area contributed by atoms with Crippen molar-refractivity contribution in [2.45, 2.75) is 245 Å². The van der Waals surface area contributed by atoms with Gasteiger partial charge in [-0.05, 0) is 57.8 Å². The fraction of sp³-hybridized carbons (Fsp3) is 0.755. The van der Waals surface area contributed by atoms with E-state index in [9.17, 15) is 14.4 Å². The minimum absolute atomic E-state index is 0.0891. The standard InChI is InChI=1S/C53H92O6/c1-4-7-10-13-16-19-21-23-25-26-28-29-31-34-37-40-43-46-52(55)58-49-50(48-57-51(54)45-42-39-36-33-18-15-12-9-6-3)59-53(56)47-44-41-38-35-32-30-27-24-22-20-17-14-11-8-5-2/h7,10,16,19,23,25,28-29,34,37,50H,4-6,8-9,11-15,17-18,20-22,24,26-27,30-33,35-36,38-49H2,1-3H3/b10-7-,19-16-,25-23-,29-28-,37-34-. The minimum Gasteiger partial charge on any atom is -0.462 e. The van der Waals surface area contributed by atoms with E-state index in [1.807, 2.05) is 0 Å². The summed E-state index contributed by atoms with van der Waals surface area (Å²) >= 11 is 0. The molecule has 6 nitrogen and oxygen atoms in total. The highest BCUT2D eigenvalue weighted by molar-refractivity contribution is 5.71. The first-order chi connectivity index (χ1) is 29.0. The van der Waals surface area contributed by atoms with Gasteiger partial charge in [-0.1, -0.05) is 223 Å². The van der Waals surface area contributed by atoms with Gasteiger partial charge in [-0.25, -0.2) is 0 Å². The number of unbranched alkanes of at least 4 members (excludes halogenated alkanes) is 23. The van der Waals surface area contributed by atoms with Crippen LogP contribution in [0.3, 0.4) is 0 Å². The molecular weight excluding hydrogens is 733 g/mol. The van der Waals surface area contributed by atoms with E-state index in [1.165, 1.54) is 116 Å². The zero-order valence-corrected chi connectivity index (χ0v) is 38.8. The molecule has 0 saturated heterocycles. The molecule has 59 heavy (non-hydrogen) atoms. The van der Waals surface area contributed by atoms with Crippen molar-refractivity contribution in [3.63, 3.8) is 0 Å². The molecule has 0 aromatic carbocycles. The first-order valence-electron chi connectivity index (χ1n) is 24.8. The monoisotopic (exact) mass is 825 g/mol. The molecule has 1 unspecified atom stereocenters. The number of carbonyl (C=O) groups excluding carboxylic acids is 3. The Kier molecular flexibility index (Phi) is 45.4. The summed E-state index contributed by atoms with van der Waals surface area (Å²) in [4.78, 5) is 37.8. The van der Waals surface area contributed by atoms with E-state index in [0.29, 0.717) is 19.3 Å². The lowest BCUT2D eigenvalue weighted by Crippen LogP contribution is -2.30. The minimum atomic E-state index is -0.791. The van der Waals surface area contributed by atoms with Gasteiger partial charge in [0.25, 0.3) is 0 Å². The van der Waals surface area contributed by atoms with E-state index < -0.39 is 6.10 Å². The maximum absolute atomic E-state index is 12.8. The molecule has 0 amide bonds. The summed E-state index contributed by atoms with van der Waals surface area (Å²) in [5.74, 6) is -0.948. The van der Waals surface area contributed by atoms with Gasteiger partial charge in [-0.3, -0.25) is 14.4 Å². The van der Waals surface area contributed by atoms with Crippen LogP contribution in [0.5, 0.6) is 0 Å². The Morgan fingerprint density at radius 2 is 0.661 bits per heavy atom. The predicted molar refractivity (Wildman–Crippen MR) is 251 cm³/mol. The van der Waals surface area contributed by atoms with Crippen LogP contribution in [-0.4, -0.2) is 37.2 Å². The van der Waals surface area contributed by atoms with Crippen molar-refractivity contribution in [1.82, 2.24) is 0 Å². The summed E-state index contributed by atoms with van der Waals surface area (Å²) < 4.78 is 16.7. The lowest BCUT2D eigenvalue weighted by atomic mass is 10.0. The van der Waals surface area contributed by atoms with Crippen molar-refractivity contribution in [3.05, 3.63) is 60.8 Å². The van der Waals surface area contributed by atoms with Gasteiger partial charge in [0.05, 0.1) is 0 Å². The lowest BCUT2D eigenvalue weighted by Gasteiger charge is -2.18. The molecular formula is C53H92O6. The van der Waals surface area contributed by atoms with E-state index in [2.05, 4.69) is 81.5 Å². The van der Waals surface area contributed by atoms with Crippen LogP contribution in [-0.2, 0) is 28.6 Å². The number of hydrogen-bond acceptors (Lipinski definition) is 6. The van der Waals surface area contributed by atoms with Crippen LogP contribution in [0.25, 0.3) is 0 Å². The molecule has 0 fully saturated rings. The third-order valence-electron chi connectivity index (χ3n) is 10.5. The van der Waals surface area contributed by atoms with Gasteiger partial charge in [0.2, 0.25) is 0 Å². The number of hydrogen-bond donors (Lipinski definition) is 0. The first-order valence-corrected chi connectivity index (χ1v) is 24.8. The van der Waals surface area contributed by atoms with E-state index in [-0.39, 0.29) is 37.5 Å². The molecule has 0 N–H and O–H groups in total. The highest BCUT2D eigenvalue weighted by Crippen LogP contribution is 2.15. The lowest BCUT2D eigenvalue weighted by molar-refractivity contribution is -0.167. The molecule has 0 aromatic rings. The maximum Gasteiger partial charge on any atom is 0.306 e. The van der Waals surface area contributed by atoms with Crippen molar-refractivity contribution >= 4 is 17.9 Å². The molecule has 340 valence electrons. The summed E-state index contributed by atoms with van der Waals surface area (Å²) in [6.45, 7) is 6.46. The summed E-state index contributed by atoms with van der Waals surface area (Å²) in [5.41, 5.74) is 0. The number of ether oxygens (including phenoxy) is 3. The summed E-state index contributed by atoms with van der Waals surface area (Å²) in [7, 11) is 0. The molecule has 0 spiro atoms. The Bertz CT molecular complexity index is 1090. The van der Waals surface area contributed by atoms with Crippen molar-refractivity contribution in [2.24, 2.45) is 0 Å². The van der Waals surface area contributed by atoms with Crippen molar-refractivity contribution in [3.8, 4) is 0 Å². The van der Waals surface area contributed by atoms with Crippen LogP contribution in [0.4, 0.5) is 0 Å². The Balaban J connectivity index is 4.41. The average molecular weight is 825 g/mol. The zero-order valence-electron chi connectivity index (χ0n) is 38.8. The largest absolute Gasteiger partial charge is 0.462 e. The van der Waals surface area contributed by atoms with Crippen molar-refractivity contribution in [1.29, 1.82) is 0 Å². The molecule has 0 aromatic heterocycles. The Hall–Kier alpha value is -2.89. The molecule has 0 aliphatic rings. The second-order valence-corrected chi connectivity index (χ2v) is 16.4. The van der Waals surface area contributed by atoms with Gasteiger partial charge in [0, 0.05) is 19.3 Å². The summed E-state index contributed by atoms with van der Waals surface area (Å²) in [6.07, 6.45) is 57.8. The number of esters is 3. The second-order valence-electron chi connectivity index (χ2n) is 16.4. The SMILES string of the molecule is CC/C=C\C/C=C\C/C=C\C/C=C\C/C=C\CCCC(=O)OCC(COC(=O)CCCCCCCCCCC)OC(=O)CCCCCCCCCCCCCCCCC. The molecule has 1 atom stereocenters. The van der Waals surface area contributed by atoms with Crippen LogP contribution >= 0.6 is 0 Å². The van der Waals surface area contributed by atoms with E-state index in [0.717, 1.165) is 77.0 Å². The van der Waals surface area contributed by atoms with E-state index in [1.54, 1.807) is 0 Å². The number of carbonyl (C=O) groups is 3. The number of rotatable bonds is 44. The van der Waals surface area contributed by atoms with Gasteiger partial charge < -0.3 is 14.2 Å². The smallest absolute Gasteiger partial charge is 0.306 e. The van der Waals surface area contributed by atoms with Gasteiger partial charge in [0.1, 0.15) is 13.2 Å². The molecule has 0 rings (SSSR count). The molecule has 0 aliphatic carbocycles. The molecule has 0 bridgehead atoms. The molecule has 0 saturated carbocycles. The summed E-state index contributed by atoms with van der Waals surface area (Å²) in [6, 6.07) is 0. The highest BCUT2D eigenvalue weighted by Gasteiger charge is 2.19. The van der Waals surface area contributed by atoms with Gasteiger partial charge >= 0.3 is 17.9 Å². The van der Waals surface area contributed by atoms with Crippen LogP contribution in [0.2, 0.25) is 0 Å². The third-order valence-corrected chi connectivity index (χ3v) is 10.5. The van der Waals surface area contributed by atoms with Crippen molar-refractivity contribution < 1.29 is 28.6 Å². The van der Waals surface area contributed by atoms with Crippen LogP contribution in [0, 0.1) is 0 Å². The molecule has 0 aliphatic heterocycles. The quantitative estimate of drug-likeness (QED) is 0.0263. The average Bonchev–Trinajstić information content (AvgIpc) is 3.23. The highest BCUT2D eigenvalue weighted by atomic mass is 16.6. The van der Waals surface area contributed by atoms with E-state index >= 15 is 0 Å². The Morgan fingerprint density at radius 1 is 0.356 bits per heavy atom. The summed E-state index contributed by atoms with van der Waals surface area (Å²) in [5, 5.41) is 0. The van der Waals surface area contributed by atoms with Crippen LogP contribution in [0.15, 0.2) is 60.8 Å².